The SMILES string of the molecule is COc1ccc(-c2nc(C(=O)N3CCCCC3)oc2-c2ccc(OCc3ccccc3)cc2)cc1. The van der Waals surface area contributed by atoms with Crippen molar-refractivity contribution < 1.29 is 18.7 Å². The number of oxazole rings is 1. The summed E-state index contributed by atoms with van der Waals surface area (Å²) >= 11 is 0. The molecule has 5 rings (SSSR count). The van der Waals surface area contributed by atoms with Crippen LogP contribution in [0, 0.1) is 0 Å². The van der Waals surface area contributed by atoms with E-state index < -0.39 is 0 Å². The number of carbonyl (C=O) groups excluding carboxylic acids is 1. The van der Waals surface area contributed by atoms with Crippen LogP contribution in [-0.2, 0) is 6.61 Å². The summed E-state index contributed by atoms with van der Waals surface area (Å²) in [6.45, 7) is 1.97. The number of rotatable bonds is 7. The molecule has 2 heterocycles. The number of hydrogen-bond donors (Lipinski definition) is 0. The zero-order valence-electron chi connectivity index (χ0n) is 19.8. The normalized spacial score (nSPS) is 13.5. The molecule has 1 aliphatic heterocycles. The van der Waals surface area contributed by atoms with Crippen molar-refractivity contribution in [3.05, 3.63) is 90.3 Å². The Hall–Kier alpha value is -4.06. The maximum absolute atomic E-state index is 13.1. The van der Waals surface area contributed by atoms with Crippen LogP contribution in [0.5, 0.6) is 11.5 Å². The van der Waals surface area contributed by atoms with Gasteiger partial charge in [-0.25, -0.2) is 4.98 Å². The van der Waals surface area contributed by atoms with Crippen molar-refractivity contribution >= 4 is 5.91 Å². The first-order valence-electron chi connectivity index (χ1n) is 11.9. The lowest BCUT2D eigenvalue weighted by Crippen LogP contribution is -2.35. The van der Waals surface area contributed by atoms with Crippen LogP contribution in [0.4, 0.5) is 0 Å². The number of hydrogen-bond acceptors (Lipinski definition) is 5. The van der Waals surface area contributed by atoms with Crippen LogP contribution in [0.2, 0.25) is 0 Å². The van der Waals surface area contributed by atoms with Gasteiger partial charge in [0.25, 0.3) is 5.89 Å². The van der Waals surface area contributed by atoms with E-state index in [1.54, 1.807) is 7.11 Å². The molecule has 1 aliphatic rings. The lowest BCUT2D eigenvalue weighted by Gasteiger charge is -2.25. The Morgan fingerprint density at radius 2 is 1.51 bits per heavy atom. The molecule has 4 aromatic rings. The molecule has 178 valence electrons. The molecule has 1 saturated heterocycles. The molecule has 0 saturated carbocycles. The fourth-order valence-corrected chi connectivity index (χ4v) is 4.23. The quantitative estimate of drug-likeness (QED) is 0.322. The van der Waals surface area contributed by atoms with Crippen molar-refractivity contribution in [1.82, 2.24) is 9.88 Å². The second-order valence-corrected chi connectivity index (χ2v) is 8.58. The Morgan fingerprint density at radius 1 is 0.857 bits per heavy atom. The van der Waals surface area contributed by atoms with E-state index in [4.69, 9.17) is 13.9 Å². The first-order valence-corrected chi connectivity index (χ1v) is 11.9. The largest absolute Gasteiger partial charge is 0.497 e. The topological polar surface area (TPSA) is 64.8 Å². The monoisotopic (exact) mass is 468 g/mol. The molecule has 3 aromatic carbocycles. The maximum atomic E-state index is 13.1. The number of benzene rings is 3. The molecule has 0 unspecified atom stereocenters. The highest BCUT2D eigenvalue weighted by molar-refractivity contribution is 5.92. The summed E-state index contributed by atoms with van der Waals surface area (Å²) in [6.07, 6.45) is 3.17. The Kier molecular flexibility index (Phi) is 6.80. The van der Waals surface area contributed by atoms with Gasteiger partial charge in [0, 0.05) is 24.2 Å². The van der Waals surface area contributed by atoms with Crippen LogP contribution in [0.25, 0.3) is 22.6 Å². The second-order valence-electron chi connectivity index (χ2n) is 8.58. The van der Waals surface area contributed by atoms with E-state index in [2.05, 4.69) is 4.98 Å². The van der Waals surface area contributed by atoms with Crippen molar-refractivity contribution in [2.75, 3.05) is 20.2 Å². The Morgan fingerprint density at radius 3 is 2.20 bits per heavy atom. The predicted molar refractivity (Wildman–Crippen MR) is 134 cm³/mol. The lowest BCUT2D eigenvalue weighted by atomic mass is 10.1. The fraction of sp³-hybridized carbons (Fsp3) is 0.241. The molecule has 0 spiro atoms. The summed E-state index contributed by atoms with van der Waals surface area (Å²) in [5, 5.41) is 0. The van der Waals surface area contributed by atoms with E-state index >= 15 is 0 Å². The Labute approximate surface area is 205 Å². The molecule has 6 nitrogen and oxygen atoms in total. The van der Waals surface area contributed by atoms with Crippen LogP contribution in [0.15, 0.2) is 83.3 Å². The van der Waals surface area contributed by atoms with Crippen molar-refractivity contribution in [3.8, 4) is 34.1 Å². The van der Waals surface area contributed by atoms with E-state index in [0.717, 1.165) is 60.5 Å². The molecule has 0 radical (unpaired) electrons. The summed E-state index contributed by atoms with van der Waals surface area (Å²) in [5.41, 5.74) is 3.42. The summed E-state index contributed by atoms with van der Waals surface area (Å²) in [7, 11) is 1.63. The van der Waals surface area contributed by atoms with Gasteiger partial charge in [-0.15, -0.1) is 0 Å². The number of piperidine rings is 1. The summed E-state index contributed by atoms with van der Waals surface area (Å²) in [6, 6.07) is 25.3. The molecule has 1 fully saturated rings. The van der Waals surface area contributed by atoms with Crippen LogP contribution in [-0.4, -0.2) is 36.0 Å². The average molecular weight is 469 g/mol. The first-order chi connectivity index (χ1) is 17.2. The Bertz CT molecular complexity index is 1260. The highest BCUT2D eigenvalue weighted by Crippen LogP contribution is 2.35. The summed E-state index contributed by atoms with van der Waals surface area (Å²) < 4.78 is 17.3. The van der Waals surface area contributed by atoms with Gasteiger partial charge in [-0.1, -0.05) is 30.3 Å². The maximum Gasteiger partial charge on any atom is 0.309 e. The molecular formula is C29H28N2O4. The van der Waals surface area contributed by atoms with Crippen molar-refractivity contribution in [3.63, 3.8) is 0 Å². The minimum atomic E-state index is -0.159. The van der Waals surface area contributed by atoms with E-state index in [1.807, 2.05) is 83.8 Å². The second kappa shape index (κ2) is 10.5. The minimum Gasteiger partial charge on any atom is -0.497 e. The smallest absolute Gasteiger partial charge is 0.309 e. The lowest BCUT2D eigenvalue weighted by molar-refractivity contribution is 0.0685. The third-order valence-corrected chi connectivity index (χ3v) is 6.18. The van der Waals surface area contributed by atoms with Gasteiger partial charge in [0.15, 0.2) is 5.76 Å². The number of amides is 1. The van der Waals surface area contributed by atoms with Crippen molar-refractivity contribution in [2.24, 2.45) is 0 Å². The van der Waals surface area contributed by atoms with E-state index in [9.17, 15) is 4.79 Å². The number of nitrogens with zero attached hydrogens (tertiary/aromatic N) is 2. The number of ether oxygens (including phenoxy) is 2. The molecule has 0 atom stereocenters. The average Bonchev–Trinajstić information content (AvgIpc) is 3.38. The van der Waals surface area contributed by atoms with Gasteiger partial charge in [0.05, 0.1) is 7.11 Å². The highest BCUT2D eigenvalue weighted by atomic mass is 16.5. The molecule has 1 amide bonds. The van der Waals surface area contributed by atoms with Crippen LogP contribution >= 0.6 is 0 Å². The fourth-order valence-electron chi connectivity index (χ4n) is 4.23. The van der Waals surface area contributed by atoms with Gasteiger partial charge in [-0.3, -0.25) is 4.79 Å². The van der Waals surface area contributed by atoms with Gasteiger partial charge < -0.3 is 18.8 Å². The highest BCUT2D eigenvalue weighted by Gasteiger charge is 2.26. The van der Waals surface area contributed by atoms with E-state index in [1.165, 1.54) is 0 Å². The summed E-state index contributed by atoms with van der Waals surface area (Å²) in [5.74, 6) is 2.03. The van der Waals surface area contributed by atoms with E-state index in [-0.39, 0.29) is 11.8 Å². The molecule has 35 heavy (non-hydrogen) atoms. The molecular weight excluding hydrogens is 440 g/mol. The molecule has 0 N–H and O–H groups in total. The molecule has 0 aliphatic carbocycles. The zero-order chi connectivity index (χ0) is 24.0. The number of methoxy groups -OCH3 is 1. The number of aromatic nitrogens is 1. The van der Waals surface area contributed by atoms with Crippen molar-refractivity contribution in [2.45, 2.75) is 25.9 Å². The predicted octanol–water partition coefficient (Wildman–Crippen LogP) is 6.22. The van der Waals surface area contributed by atoms with Gasteiger partial charge in [-0.2, -0.15) is 0 Å². The van der Waals surface area contributed by atoms with E-state index in [0.29, 0.717) is 18.1 Å². The van der Waals surface area contributed by atoms with Gasteiger partial charge in [-0.05, 0) is 73.4 Å². The molecule has 1 aromatic heterocycles. The first kappa shape index (κ1) is 22.7. The van der Waals surface area contributed by atoms with Crippen LogP contribution < -0.4 is 9.47 Å². The van der Waals surface area contributed by atoms with Gasteiger partial charge in [0.2, 0.25) is 0 Å². The zero-order valence-corrected chi connectivity index (χ0v) is 19.8. The minimum absolute atomic E-state index is 0.122. The third-order valence-electron chi connectivity index (χ3n) is 6.18. The van der Waals surface area contributed by atoms with Crippen LogP contribution in [0.1, 0.15) is 35.5 Å². The third kappa shape index (κ3) is 5.22. The number of carbonyl (C=O) groups is 1. The number of likely N-dealkylation sites (tertiary alicyclic amines) is 1. The summed E-state index contributed by atoms with van der Waals surface area (Å²) in [4.78, 5) is 19.6. The standard InChI is InChI=1S/C29H28N2O4/c1-33-24-14-10-22(11-15-24)26-27(35-28(30-26)29(32)31-18-6-3-7-19-31)23-12-16-25(17-13-23)34-20-21-8-4-2-5-9-21/h2,4-5,8-17H,3,6-7,18-20H2,1H3. The molecule has 6 heteroatoms. The van der Waals surface area contributed by atoms with Gasteiger partial charge >= 0.3 is 5.91 Å². The molecule has 0 bridgehead atoms. The van der Waals surface area contributed by atoms with Crippen LogP contribution in [0.3, 0.4) is 0 Å². The van der Waals surface area contributed by atoms with Crippen molar-refractivity contribution in [1.29, 1.82) is 0 Å². The van der Waals surface area contributed by atoms with Gasteiger partial charge in [0.1, 0.15) is 23.8 Å². The Balaban J connectivity index is 1.43.